The molecule has 21 heavy (non-hydrogen) atoms. The summed E-state index contributed by atoms with van der Waals surface area (Å²) in [4.78, 5) is 4.27. The van der Waals surface area contributed by atoms with E-state index < -0.39 is 0 Å². The van der Waals surface area contributed by atoms with Crippen LogP contribution in [0, 0.1) is 0 Å². The van der Waals surface area contributed by atoms with E-state index >= 15 is 0 Å². The molecule has 1 heteroatoms. The van der Waals surface area contributed by atoms with Gasteiger partial charge in [-0.2, -0.15) is 0 Å². The third-order valence-corrected chi connectivity index (χ3v) is 4.59. The van der Waals surface area contributed by atoms with E-state index in [1.54, 1.807) is 11.1 Å². The molecule has 1 aromatic rings. The van der Waals surface area contributed by atoms with Gasteiger partial charge in [-0.1, -0.05) is 48.9 Å². The minimum Gasteiger partial charge on any atom is -0.293 e. The fourth-order valence-electron chi connectivity index (χ4n) is 3.29. The Morgan fingerprint density at radius 3 is 2.57 bits per heavy atom. The van der Waals surface area contributed by atoms with Crippen LogP contribution in [0.15, 0.2) is 52.6 Å². The number of hydrogen-bond acceptors (Lipinski definition) is 1. The average Bonchev–Trinajstić information content (AvgIpc) is 2.54. The Hall–Kier alpha value is -1.63. The highest BCUT2D eigenvalue weighted by Crippen LogP contribution is 2.39. The molecule has 0 N–H and O–H groups in total. The number of allylic oxidation sites excluding steroid dienone is 4. The lowest BCUT2D eigenvalue weighted by molar-refractivity contribution is 0.601. The van der Waals surface area contributed by atoms with Gasteiger partial charge >= 0.3 is 0 Å². The van der Waals surface area contributed by atoms with Crippen LogP contribution in [0.4, 0.5) is 0 Å². The van der Waals surface area contributed by atoms with E-state index in [1.165, 1.54) is 36.8 Å². The summed E-state index contributed by atoms with van der Waals surface area (Å²) in [5, 5.41) is 0. The molecule has 0 bridgehead atoms. The fraction of sp³-hybridized carbons (Fsp3) is 0.450. The summed E-state index contributed by atoms with van der Waals surface area (Å²) in [6, 6.07) is 9.00. The van der Waals surface area contributed by atoms with Crippen LogP contribution in [0.5, 0.6) is 0 Å². The molecule has 0 heterocycles. The smallest absolute Gasteiger partial charge is 0.0386 e. The lowest BCUT2D eigenvalue weighted by Crippen LogP contribution is -2.10. The van der Waals surface area contributed by atoms with Crippen molar-refractivity contribution in [3.05, 3.63) is 58.7 Å². The first kappa shape index (κ1) is 15.8. The van der Waals surface area contributed by atoms with Gasteiger partial charge in [0.25, 0.3) is 0 Å². The van der Waals surface area contributed by atoms with Crippen LogP contribution in [0.25, 0.3) is 0 Å². The molecule has 0 radical (unpaired) electrons. The first-order chi connectivity index (χ1) is 10.2. The highest BCUT2D eigenvalue weighted by atomic mass is 14.7. The third-order valence-electron chi connectivity index (χ3n) is 4.59. The number of hydrogen-bond donors (Lipinski definition) is 0. The molecule has 2 rings (SSSR count). The lowest BCUT2D eigenvalue weighted by Gasteiger charge is -2.27. The molecule has 0 aliphatic heterocycles. The van der Waals surface area contributed by atoms with Gasteiger partial charge in [-0.25, -0.2) is 0 Å². The molecule has 0 fully saturated rings. The van der Waals surface area contributed by atoms with Crippen LogP contribution in [-0.2, 0) is 0 Å². The Morgan fingerprint density at radius 1 is 1.29 bits per heavy atom. The number of benzene rings is 1. The van der Waals surface area contributed by atoms with E-state index in [-0.39, 0.29) is 0 Å². The lowest BCUT2D eigenvalue weighted by atomic mass is 9.77. The Kier molecular flexibility index (Phi) is 5.55. The van der Waals surface area contributed by atoms with Gasteiger partial charge < -0.3 is 0 Å². The number of rotatable bonds is 4. The Bertz CT molecular complexity index is 558. The predicted octanol–water partition coefficient (Wildman–Crippen LogP) is 5.68. The molecule has 1 unspecified atom stereocenters. The Labute approximate surface area is 129 Å². The van der Waals surface area contributed by atoms with Crippen LogP contribution < -0.4 is 0 Å². The van der Waals surface area contributed by atoms with Gasteiger partial charge in [0.1, 0.15) is 0 Å². The van der Waals surface area contributed by atoms with Gasteiger partial charge in [-0.3, -0.25) is 4.99 Å². The Balaban J connectivity index is 2.35. The van der Waals surface area contributed by atoms with Crippen LogP contribution in [-0.4, -0.2) is 12.8 Å². The normalized spacial score (nSPS) is 20.4. The number of nitrogens with zero attached hydrogens (tertiary/aromatic N) is 1. The summed E-state index contributed by atoms with van der Waals surface area (Å²) >= 11 is 0. The summed E-state index contributed by atoms with van der Waals surface area (Å²) in [5.41, 5.74) is 6.97. The van der Waals surface area contributed by atoms with Crippen molar-refractivity contribution < 1.29 is 0 Å². The van der Waals surface area contributed by atoms with Crippen LogP contribution in [0.3, 0.4) is 0 Å². The molecule has 112 valence electrons. The zero-order valence-corrected chi connectivity index (χ0v) is 13.8. The summed E-state index contributed by atoms with van der Waals surface area (Å²) in [6.45, 7) is 6.47. The van der Waals surface area contributed by atoms with Crippen molar-refractivity contribution in [3.8, 4) is 0 Å². The van der Waals surface area contributed by atoms with Crippen molar-refractivity contribution in [1.82, 2.24) is 0 Å². The van der Waals surface area contributed by atoms with Crippen LogP contribution in [0.2, 0.25) is 0 Å². The quantitative estimate of drug-likeness (QED) is 0.630. The van der Waals surface area contributed by atoms with Crippen molar-refractivity contribution in [1.29, 1.82) is 0 Å². The zero-order chi connectivity index (χ0) is 15.2. The SMILES string of the molecule is C/C=C\C1=C(CC)CCCC1c1ccc(C(C)=NC)cc1. The molecule has 1 atom stereocenters. The molecule has 0 amide bonds. The molecule has 1 aliphatic carbocycles. The largest absolute Gasteiger partial charge is 0.293 e. The fourth-order valence-corrected chi connectivity index (χ4v) is 3.29. The minimum atomic E-state index is 0.567. The predicted molar refractivity (Wildman–Crippen MR) is 93.3 cm³/mol. The molecular formula is C20H27N. The van der Waals surface area contributed by atoms with E-state index in [9.17, 15) is 0 Å². The standard InChI is InChI=1S/C20H27N/c1-5-8-19-16(6-2)9-7-10-20(19)18-13-11-17(12-14-18)15(3)21-4/h5,8,11-14,20H,6-7,9-10H2,1-4H3/b8-5-,21-15?. The van der Waals surface area contributed by atoms with E-state index in [1.807, 2.05) is 7.05 Å². The third kappa shape index (κ3) is 3.53. The second kappa shape index (κ2) is 7.40. The van der Waals surface area contributed by atoms with Crippen LogP contribution >= 0.6 is 0 Å². The molecule has 1 aromatic carbocycles. The van der Waals surface area contributed by atoms with Gasteiger partial charge in [-0.15, -0.1) is 0 Å². The van der Waals surface area contributed by atoms with E-state index in [0.29, 0.717) is 5.92 Å². The maximum atomic E-state index is 4.27. The van der Waals surface area contributed by atoms with E-state index in [2.05, 4.69) is 62.2 Å². The summed E-state index contributed by atoms with van der Waals surface area (Å²) in [5.74, 6) is 0.567. The second-order valence-corrected chi connectivity index (χ2v) is 5.79. The van der Waals surface area contributed by atoms with Crippen molar-refractivity contribution in [3.63, 3.8) is 0 Å². The minimum absolute atomic E-state index is 0.567. The molecular weight excluding hydrogens is 254 g/mol. The molecule has 0 saturated carbocycles. The first-order valence-corrected chi connectivity index (χ1v) is 8.09. The highest BCUT2D eigenvalue weighted by Gasteiger charge is 2.21. The molecule has 1 nitrogen and oxygen atoms in total. The molecule has 0 saturated heterocycles. The van der Waals surface area contributed by atoms with Gasteiger partial charge in [0, 0.05) is 18.7 Å². The summed E-state index contributed by atoms with van der Waals surface area (Å²) < 4.78 is 0. The second-order valence-electron chi connectivity index (χ2n) is 5.79. The average molecular weight is 281 g/mol. The maximum absolute atomic E-state index is 4.27. The zero-order valence-electron chi connectivity index (χ0n) is 13.8. The summed E-state index contributed by atoms with van der Waals surface area (Å²) in [7, 11) is 1.85. The Morgan fingerprint density at radius 2 is 2.00 bits per heavy atom. The van der Waals surface area contributed by atoms with Crippen molar-refractivity contribution in [2.45, 2.75) is 52.4 Å². The van der Waals surface area contributed by atoms with Crippen LogP contribution in [0.1, 0.15) is 63.5 Å². The van der Waals surface area contributed by atoms with E-state index in [0.717, 1.165) is 5.71 Å². The van der Waals surface area contributed by atoms with Crippen molar-refractivity contribution in [2.24, 2.45) is 4.99 Å². The monoisotopic (exact) mass is 281 g/mol. The highest BCUT2D eigenvalue weighted by molar-refractivity contribution is 5.98. The van der Waals surface area contributed by atoms with Crippen molar-refractivity contribution in [2.75, 3.05) is 7.05 Å². The maximum Gasteiger partial charge on any atom is 0.0386 e. The first-order valence-electron chi connectivity index (χ1n) is 8.09. The van der Waals surface area contributed by atoms with Crippen molar-refractivity contribution >= 4 is 5.71 Å². The van der Waals surface area contributed by atoms with E-state index in [4.69, 9.17) is 0 Å². The van der Waals surface area contributed by atoms with Gasteiger partial charge in [0.15, 0.2) is 0 Å². The molecule has 0 spiro atoms. The molecule has 1 aliphatic rings. The van der Waals surface area contributed by atoms with Gasteiger partial charge in [-0.05, 0) is 56.2 Å². The molecule has 0 aromatic heterocycles. The summed E-state index contributed by atoms with van der Waals surface area (Å²) in [6.07, 6.45) is 9.54. The topological polar surface area (TPSA) is 12.4 Å². The van der Waals surface area contributed by atoms with Gasteiger partial charge in [0.05, 0.1) is 0 Å². The number of aliphatic imine (C=N–C) groups is 1. The van der Waals surface area contributed by atoms with Gasteiger partial charge in [0.2, 0.25) is 0 Å².